The number of hydrogen-bond acceptors (Lipinski definition) is 4. The molecule has 0 saturated heterocycles. The van der Waals surface area contributed by atoms with Crippen LogP contribution in [0, 0.1) is 0 Å². The lowest BCUT2D eigenvalue weighted by atomic mass is 10.2. The second-order valence-corrected chi connectivity index (χ2v) is 7.39. The van der Waals surface area contributed by atoms with Gasteiger partial charge in [0.15, 0.2) is 4.96 Å². The van der Waals surface area contributed by atoms with Crippen molar-refractivity contribution in [1.82, 2.24) is 9.38 Å². The van der Waals surface area contributed by atoms with Crippen LogP contribution in [-0.2, 0) is 6.42 Å². The van der Waals surface area contributed by atoms with Gasteiger partial charge in [-0.1, -0.05) is 23.9 Å². The average molecular weight is 368 g/mol. The van der Waals surface area contributed by atoms with Gasteiger partial charge in [0.25, 0.3) is 0 Å². The standard InChI is InChI=1S/C14H14BrN3S2/c1-9(16)8-11-13(17-14-18(11)6-7-19-14)20-12-5-3-2-4-10(12)15/h2-7,9H,8,16H2,1H3. The predicted molar refractivity (Wildman–Crippen MR) is 88.7 cm³/mol. The van der Waals surface area contributed by atoms with E-state index in [4.69, 9.17) is 10.7 Å². The zero-order valence-electron chi connectivity index (χ0n) is 10.9. The van der Waals surface area contributed by atoms with Crippen LogP contribution in [0.1, 0.15) is 12.6 Å². The fraction of sp³-hybridized carbons (Fsp3) is 0.214. The van der Waals surface area contributed by atoms with Crippen molar-refractivity contribution in [2.45, 2.75) is 29.3 Å². The molecule has 2 N–H and O–H groups in total. The Labute approximate surface area is 134 Å². The van der Waals surface area contributed by atoms with Gasteiger partial charge < -0.3 is 5.73 Å². The van der Waals surface area contributed by atoms with E-state index in [9.17, 15) is 0 Å². The maximum absolute atomic E-state index is 5.98. The lowest BCUT2D eigenvalue weighted by molar-refractivity contribution is 0.706. The molecule has 0 aliphatic rings. The molecule has 0 fully saturated rings. The van der Waals surface area contributed by atoms with E-state index in [1.54, 1.807) is 23.1 Å². The minimum Gasteiger partial charge on any atom is -0.328 e. The van der Waals surface area contributed by atoms with Crippen molar-refractivity contribution in [2.24, 2.45) is 5.73 Å². The molecule has 0 radical (unpaired) electrons. The fourth-order valence-electron chi connectivity index (χ4n) is 2.02. The minimum atomic E-state index is 0.119. The molecule has 1 atom stereocenters. The summed E-state index contributed by atoms with van der Waals surface area (Å²) in [5, 5.41) is 3.10. The smallest absolute Gasteiger partial charge is 0.194 e. The van der Waals surface area contributed by atoms with Crippen LogP contribution in [0.15, 0.2) is 50.2 Å². The lowest BCUT2D eigenvalue weighted by Crippen LogP contribution is -2.19. The van der Waals surface area contributed by atoms with Gasteiger partial charge >= 0.3 is 0 Å². The lowest BCUT2D eigenvalue weighted by Gasteiger charge is -2.07. The van der Waals surface area contributed by atoms with Crippen molar-refractivity contribution in [3.05, 3.63) is 46.0 Å². The third-order valence-corrected chi connectivity index (χ3v) is 5.69. The highest BCUT2D eigenvalue weighted by Gasteiger charge is 2.16. The Morgan fingerprint density at radius 3 is 3.00 bits per heavy atom. The molecule has 2 heterocycles. The summed E-state index contributed by atoms with van der Waals surface area (Å²) in [6.07, 6.45) is 2.89. The third kappa shape index (κ3) is 2.79. The van der Waals surface area contributed by atoms with Crippen molar-refractivity contribution >= 4 is 44.0 Å². The maximum Gasteiger partial charge on any atom is 0.194 e. The van der Waals surface area contributed by atoms with Gasteiger partial charge in [0.1, 0.15) is 5.03 Å². The van der Waals surface area contributed by atoms with E-state index in [0.29, 0.717) is 0 Å². The van der Waals surface area contributed by atoms with E-state index >= 15 is 0 Å². The number of nitrogens with zero attached hydrogens (tertiary/aromatic N) is 2. The van der Waals surface area contributed by atoms with Crippen LogP contribution in [0.4, 0.5) is 0 Å². The molecule has 104 valence electrons. The molecule has 0 bridgehead atoms. The van der Waals surface area contributed by atoms with E-state index in [0.717, 1.165) is 20.9 Å². The van der Waals surface area contributed by atoms with Crippen molar-refractivity contribution in [1.29, 1.82) is 0 Å². The fourth-order valence-corrected chi connectivity index (χ4v) is 4.29. The van der Waals surface area contributed by atoms with Gasteiger partial charge in [-0.25, -0.2) is 4.98 Å². The Morgan fingerprint density at radius 2 is 2.25 bits per heavy atom. The normalized spacial score (nSPS) is 12.9. The van der Waals surface area contributed by atoms with Gasteiger partial charge in [0.05, 0.1) is 5.69 Å². The molecule has 0 saturated carbocycles. The summed E-state index contributed by atoms with van der Waals surface area (Å²) in [6, 6.07) is 8.32. The van der Waals surface area contributed by atoms with Gasteiger partial charge in [-0.05, 0) is 35.0 Å². The van der Waals surface area contributed by atoms with Crippen molar-refractivity contribution in [3.63, 3.8) is 0 Å². The second-order valence-electron chi connectivity index (χ2n) is 4.63. The molecule has 3 aromatic rings. The first-order valence-corrected chi connectivity index (χ1v) is 8.76. The molecular formula is C14H14BrN3S2. The molecular weight excluding hydrogens is 354 g/mol. The van der Waals surface area contributed by atoms with E-state index in [2.05, 4.69) is 38.0 Å². The summed E-state index contributed by atoms with van der Waals surface area (Å²) in [6.45, 7) is 2.03. The topological polar surface area (TPSA) is 43.3 Å². The zero-order chi connectivity index (χ0) is 14.1. The largest absolute Gasteiger partial charge is 0.328 e. The van der Waals surface area contributed by atoms with Gasteiger partial charge in [-0.2, -0.15) is 0 Å². The second kappa shape index (κ2) is 5.89. The van der Waals surface area contributed by atoms with Crippen molar-refractivity contribution < 1.29 is 0 Å². The van der Waals surface area contributed by atoms with Crippen LogP contribution < -0.4 is 5.73 Å². The van der Waals surface area contributed by atoms with E-state index in [1.165, 1.54) is 10.6 Å². The maximum atomic E-state index is 5.98. The zero-order valence-corrected chi connectivity index (χ0v) is 14.1. The molecule has 6 heteroatoms. The highest BCUT2D eigenvalue weighted by atomic mass is 79.9. The molecule has 0 spiro atoms. The van der Waals surface area contributed by atoms with Crippen LogP contribution in [0.2, 0.25) is 0 Å². The first-order chi connectivity index (χ1) is 9.65. The summed E-state index contributed by atoms with van der Waals surface area (Å²) < 4.78 is 3.24. The highest BCUT2D eigenvalue weighted by Crippen LogP contribution is 2.36. The molecule has 0 aliphatic heterocycles. The molecule has 2 aromatic heterocycles. The SMILES string of the molecule is CC(N)Cc1c(Sc2ccccc2Br)nc2sccn12. The minimum absolute atomic E-state index is 0.119. The molecule has 0 amide bonds. The van der Waals surface area contributed by atoms with Crippen LogP contribution >= 0.6 is 39.0 Å². The summed E-state index contributed by atoms with van der Waals surface area (Å²) in [4.78, 5) is 6.92. The van der Waals surface area contributed by atoms with Crippen LogP contribution in [0.3, 0.4) is 0 Å². The average Bonchev–Trinajstić information content (AvgIpc) is 2.95. The van der Waals surface area contributed by atoms with Crippen molar-refractivity contribution in [3.8, 4) is 0 Å². The quantitative estimate of drug-likeness (QED) is 0.751. The summed E-state index contributed by atoms with van der Waals surface area (Å²) in [7, 11) is 0. The van der Waals surface area contributed by atoms with Crippen LogP contribution in [0.5, 0.6) is 0 Å². The van der Waals surface area contributed by atoms with Crippen LogP contribution in [-0.4, -0.2) is 15.4 Å². The first-order valence-electron chi connectivity index (χ1n) is 6.27. The molecule has 20 heavy (non-hydrogen) atoms. The van der Waals surface area contributed by atoms with E-state index < -0.39 is 0 Å². The van der Waals surface area contributed by atoms with Gasteiger partial charge in [-0.15, -0.1) is 11.3 Å². The number of thiazole rings is 1. The first kappa shape index (κ1) is 14.1. The van der Waals surface area contributed by atoms with Gasteiger partial charge in [0, 0.05) is 33.4 Å². The Hall–Kier alpha value is -0.820. The molecule has 0 aliphatic carbocycles. The molecule has 3 rings (SSSR count). The number of fused-ring (bicyclic) bond motifs is 1. The van der Waals surface area contributed by atoms with Gasteiger partial charge in [-0.3, -0.25) is 4.40 Å². The predicted octanol–water partition coefficient (Wildman–Crippen LogP) is 4.20. The summed E-state index contributed by atoms with van der Waals surface area (Å²) >= 11 is 6.92. The number of hydrogen-bond donors (Lipinski definition) is 1. The van der Waals surface area contributed by atoms with Gasteiger partial charge in [0.2, 0.25) is 0 Å². The highest BCUT2D eigenvalue weighted by molar-refractivity contribution is 9.10. The Morgan fingerprint density at radius 1 is 1.45 bits per heavy atom. The van der Waals surface area contributed by atoms with E-state index in [1.807, 2.05) is 25.1 Å². The molecule has 1 unspecified atom stereocenters. The number of halogens is 1. The monoisotopic (exact) mass is 367 g/mol. The third-order valence-electron chi connectivity index (χ3n) is 2.88. The summed E-state index contributed by atoms with van der Waals surface area (Å²) in [5.41, 5.74) is 7.17. The Bertz CT molecular complexity index is 733. The number of rotatable bonds is 4. The molecule has 3 nitrogen and oxygen atoms in total. The number of benzene rings is 1. The number of imidazole rings is 1. The Balaban J connectivity index is 2.02. The van der Waals surface area contributed by atoms with E-state index in [-0.39, 0.29) is 6.04 Å². The molecule has 1 aromatic carbocycles. The van der Waals surface area contributed by atoms with Crippen LogP contribution in [0.25, 0.3) is 4.96 Å². The number of nitrogens with two attached hydrogens (primary N) is 1. The Kier molecular flexibility index (Phi) is 4.16. The summed E-state index contributed by atoms with van der Waals surface area (Å²) in [5.74, 6) is 0. The number of aromatic nitrogens is 2. The van der Waals surface area contributed by atoms with Crippen molar-refractivity contribution in [2.75, 3.05) is 0 Å².